The first kappa shape index (κ1) is 27.0. The molecule has 0 saturated carbocycles. The lowest BCUT2D eigenvalue weighted by atomic mass is 9.93. The highest BCUT2D eigenvalue weighted by Gasteiger charge is 2.32. The highest BCUT2D eigenvalue weighted by molar-refractivity contribution is 14.0. The average Bonchev–Trinajstić information content (AvgIpc) is 2.87. The minimum absolute atomic E-state index is 0. The van der Waals surface area contributed by atoms with Crippen LogP contribution >= 0.6 is 24.0 Å². The fraction of sp³-hybridized carbons (Fsp3) is 0.800. The maximum atomic E-state index is 12.5. The number of nitrogens with zero attached hydrogens (tertiary/aromatic N) is 4. The molecule has 0 amide bonds. The number of nitrogens with one attached hydrogen (secondary N) is 2. The number of aromatic nitrogens is 2. The highest BCUT2D eigenvalue weighted by Crippen LogP contribution is 2.24. The van der Waals surface area contributed by atoms with Crippen molar-refractivity contribution in [2.75, 3.05) is 33.2 Å². The highest BCUT2D eigenvalue weighted by atomic mass is 127. The van der Waals surface area contributed by atoms with Crippen LogP contribution in [0.5, 0.6) is 0 Å². The number of aliphatic imine (C=N–C) groups is 1. The molecule has 2 rings (SSSR count). The largest absolute Gasteiger partial charge is 0.401 e. The SMILES string of the molecule is CN=C(NCCC1CCN(CC(F)(F)F)CC1)NC(C)Cc1c(C)nn(C)c1C.I. The summed E-state index contributed by atoms with van der Waals surface area (Å²) in [5.41, 5.74) is 3.49. The summed E-state index contributed by atoms with van der Waals surface area (Å²) in [6.07, 6.45) is -0.657. The van der Waals surface area contributed by atoms with Crippen LogP contribution in [0.1, 0.15) is 43.1 Å². The number of guanidine groups is 1. The Morgan fingerprint density at radius 3 is 2.40 bits per heavy atom. The van der Waals surface area contributed by atoms with Gasteiger partial charge in [-0.05, 0) is 71.0 Å². The minimum Gasteiger partial charge on any atom is -0.356 e. The number of aryl methyl sites for hydroxylation is 2. The van der Waals surface area contributed by atoms with Crippen molar-refractivity contribution in [3.63, 3.8) is 0 Å². The first-order chi connectivity index (χ1) is 13.6. The van der Waals surface area contributed by atoms with Crippen LogP contribution in [0.25, 0.3) is 0 Å². The van der Waals surface area contributed by atoms with E-state index in [9.17, 15) is 13.2 Å². The lowest BCUT2D eigenvalue weighted by Crippen LogP contribution is -2.44. The van der Waals surface area contributed by atoms with Crippen LogP contribution < -0.4 is 10.6 Å². The molecule has 30 heavy (non-hydrogen) atoms. The van der Waals surface area contributed by atoms with E-state index in [0.717, 1.165) is 43.9 Å². The van der Waals surface area contributed by atoms with Gasteiger partial charge in [0.05, 0.1) is 12.2 Å². The summed E-state index contributed by atoms with van der Waals surface area (Å²) in [5, 5.41) is 11.2. The number of halogens is 4. The Kier molecular flexibility index (Phi) is 10.9. The van der Waals surface area contributed by atoms with Gasteiger partial charge in [0.15, 0.2) is 5.96 Å². The smallest absolute Gasteiger partial charge is 0.356 e. The van der Waals surface area contributed by atoms with E-state index in [4.69, 9.17) is 0 Å². The Bertz CT molecular complexity index is 681. The van der Waals surface area contributed by atoms with Gasteiger partial charge < -0.3 is 10.6 Å². The second-order valence-corrected chi connectivity index (χ2v) is 8.14. The zero-order chi connectivity index (χ0) is 21.6. The van der Waals surface area contributed by atoms with E-state index >= 15 is 0 Å². The molecule has 1 aliphatic heterocycles. The van der Waals surface area contributed by atoms with Crippen molar-refractivity contribution in [3.8, 4) is 0 Å². The van der Waals surface area contributed by atoms with Gasteiger partial charge in [0, 0.05) is 32.4 Å². The van der Waals surface area contributed by atoms with Gasteiger partial charge in [-0.25, -0.2) is 0 Å². The van der Waals surface area contributed by atoms with Crippen LogP contribution in [-0.4, -0.2) is 66.1 Å². The summed E-state index contributed by atoms with van der Waals surface area (Å²) >= 11 is 0. The number of likely N-dealkylation sites (tertiary alicyclic amines) is 1. The van der Waals surface area contributed by atoms with Crippen LogP contribution in [0, 0.1) is 19.8 Å². The third-order valence-corrected chi connectivity index (χ3v) is 5.73. The summed E-state index contributed by atoms with van der Waals surface area (Å²) in [5.74, 6) is 1.22. The summed E-state index contributed by atoms with van der Waals surface area (Å²) in [4.78, 5) is 5.80. The second kappa shape index (κ2) is 12.1. The predicted octanol–water partition coefficient (Wildman–Crippen LogP) is 3.42. The molecule has 0 spiro atoms. The molecule has 2 N–H and O–H groups in total. The summed E-state index contributed by atoms with van der Waals surface area (Å²) in [6.45, 7) is 7.26. The zero-order valence-corrected chi connectivity index (χ0v) is 21.0. The molecule has 1 aromatic heterocycles. The molecule has 1 atom stereocenters. The molecule has 0 aromatic carbocycles. The van der Waals surface area contributed by atoms with Crippen molar-refractivity contribution < 1.29 is 13.2 Å². The van der Waals surface area contributed by atoms with E-state index in [-0.39, 0.29) is 30.0 Å². The number of alkyl halides is 3. The number of hydrogen-bond donors (Lipinski definition) is 2. The van der Waals surface area contributed by atoms with E-state index in [2.05, 4.69) is 34.6 Å². The van der Waals surface area contributed by atoms with Crippen LogP contribution in [0.4, 0.5) is 13.2 Å². The van der Waals surface area contributed by atoms with Gasteiger partial charge in [0.25, 0.3) is 0 Å². The molecule has 1 saturated heterocycles. The Labute approximate surface area is 195 Å². The van der Waals surface area contributed by atoms with E-state index in [1.165, 1.54) is 16.2 Å². The zero-order valence-electron chi connectivity index (χ0n) is 18.6. The van der Waals surface area contributed by atoms with Crippen molar-refractivity contribution in [2.45, 2.75) is 58.7 Å². The van der Waals surface area contributed by atoms with E-state index in [1.807, 2.05) is 18.7 Å². The third-order valence-electron chi connectivity index (χ3n) is 5.73. The minimum atomic E-state index is -4.10. The standard InChI is InChI=1S/C20H35F3N6.HI/c1-14(12-18-15(2)27-28(5)16(18)3)26-19(24-4)25-9-6-17-7-10-29(11-8-17)13-20(21,22)23;/h14,17H,6-13H2,1-5H3,(H2,24,25,26);1H. The van der Waals surface area contributed by atoms with Gasteiger partial charge in [0.2, 0.25) is 0 Å². The Hall–Kier alpha value is -1.04. The summed E-state index contributed by atoms with van der Waals surface area (Å²) in [6, 6.07) is 0.202. The molecular weight excluding hydrogens is 508 g/mol. The quantitative estimate of drug-likeness (QED) is 0.314. The van der Waals surface area contributed by atoms with Gasteiger partial charge in [0.1, 0.15) is 0 Å². The maximum Gasteiger partial charge on any atom is 0.401 e. The molecule has 2 heterocycles. The van der Waals surface area contributed by atoms with Gasteiger partial charge in [-0.1, -0.05) is 0 Å². The van der Waals surface area contributed by atoms with Crippen molar-refractivity contribution in [1.29, 1.82) is 0 Å². The van der Waals surface area contributed by atoms with Gasteiger partial charge in [-0.15, -0.1) is 24.0 Å². The Balaban J connectivity index is 0.00000450. The fourth-order valence-electron chi connectivity index (χ4n) is 3.98. The Morgan fingerprint density at radius 1 is 1.27 bits per heavy atom. The van der Waals surface area contributed by atoms with Crippen LogP contribution in [0.15, 0.2) is 4.99 Å². The molecule has 0 bridgehead atoms. The van der Waals surface area contributed by atoms with Crippen molar-refractivity contribution in [2.24, 2.45) is 18.0 Å². The molecule has 0 aliphatic carbocycles. The molecule has 10 heteroatoms. The molecule has 1 aromatic rings. The maximum absolute atomic E-state index is 12.5. The van der Waals surface area contributed by atoms with E-state index in [1.54, 1.807) is 7.05 Å². The van der Waals surface area contributed by atoms with E-state index in [0.29, 0.717) is 19.0 Å². The molecule has 6 nitrogen and oxygen atoms in total. The van der Waals surface area contributed by atoms with Crippen LogP contribution in [-0.2, 0) is 13.5 Å². The Morgan fingerprint density at radius 2 is 1.90 bits per heavy atom. The molecule has 1 unspecified atom stereocenters. The first-order valence-corrected chi connectivity index (χ1v) is 10.3. The number of rotatable bonds is 7. The molecular formula is C20H36F3IN6. The van der Waals surface area contributed by atoms with E-state index < -0.39 is 12.7 Å². The average molecular weight is 544 g/mol. The van der Waals surface area contributed by atoms with Crippen molar-refractivity contribution in [3.05, 3.63) is 17.0 Å². The van der Waals surface area contributed by atoms with Crippen molar-refractivity contribution in [1.82, 2.24) is 25.3 Å². The van der Waals surface area contributed by atoms with Crippen LogP contribution in [0.3, 0.4) is 0 Å². The molecule has 1 fully saturated rings. The number of piperidine rings is 1. The van der Waals surface area contributed by atoms with Crippen LogP contribution in [0.2, 0.25) is 0 Å². The summed E-state index contributed by atoms with van der Waals surface area (Å²) < 4.78 is 39.3. The predicted molar refractivity (Wildman–Crippen MR) is 126 cm³/mol. The topological polar surface area (TPSA) is 57.5 Å². The lowest BCUT2D eigenvalue weighted by molar-refractivity contribution is -0.148. The lowest BCUT2D eigenvalue weighted by Gasteiger charge is -2.32. The third kappa shape index (κ3) is 8.60. The number of hydrogen-bond acceptors (Lipinski definition) is 3. The first-order valence-electron chi connectivity index (χ1n) is 10.3. The van der Waals surface area contributed by atoms with Gasteiger partial charge >= 0.3 is 6.18 Å². The van der Waals surface area contributed by atoms with Gasteiger partial charge in [-0.2, -0.15) is 18.3 Å². The molecule has 1 aliphatic rings. The monoisotopic (exact) mass is 544 g/mol. The van der Waals surface area contributed by atoms with Crippen molar-refractivity contribution >= 4 is 29.9 Å². The molecule has 174 valence electrons. The normalized spacial score (nSPS) is 17.5. The van der Waals surface area contributed by atoms with Gasteiger partial charge in [-0.3, -0.25) is 14.6 Å². The fourth-order valence-corrected chi connectivity index (χ4v) is 3.98. The molecule has 0 radical (unpaired) electrons. The summed E-state index contributed by atoms with van der Waals surface area (Å²) in [7, 11) is 3.70. The second-order valence-electron chi connectivity index (χ2n) is 8.14.